The second-order valence-electron chi connectivity index (χ2n) is 5.26. The molecule has 148 valence electrons. The molecule has 0 aliphatic carbocycles. The number of hydrogen-bond donors (Lipinski definition) is 0. The fourth-order valence-electron chi connectivity index (χ4n) is 2.03. The van der Waals surface area contributed by atoms with E-state index in [1.165, 1.54) is 24.3 Å². The summed E-state index contributed by atoms with van der Waals surface area (Å²) in [6, 6.07) is 9.35. The molecule has 0 fully saturated rings. The fraction of sp³-hybridized carbons (Fsp3) is 0.188. The average Bonchev–Trinajstić information content (AvgIpc) is 2.62. The lowest BCUT2D eigenvalue weighted by molar-refractivity contribution is -0.385. The summed E-state index contributed by atoms with van der Waals surface area (Å²) >= 11 is 0. The molecule has 0 saturated heterocycles. The summed E-state index contributed by atoms with van der Waals surface area (Å²) in [5.41, 5.74) is -0.410. The quantitative estimate of drug-likeness (QED) is 0.261. The van der Waals surface area contributed by atoms with Crippen LogP contribution in [0.25, 0.3) is 0 Å². The van der Waals surface area contributed by atoms with Gasteiger partial charge in [0.15, 0.2) is 6.16 Å². The van der Waals surface area contributed by atoms with Crippen molar-refractivity contribution >= 4 is 24.9 Å². The zero-order valence-electron chi connectivity index (χ0n) is 14.5. The molecular weight excluding hydrogens is 395 g/mol. The number of esters is 1. The molecule has 0 aromatic heterocycles. The van der Waals surface area contributed by atoms with Gasteiger partial charge in [0.05, 0.1) is 16.5 Å². The number of ether oxygens (including phenoxy) is 1. The largest absolute Gasteiger partial charge is 0.465 e. The van der Waals surface area contributed by atoms with Crippen molar-refractivity contribution in [2.75, 3.05) is 12.8 Å². The summed E-state index contributed by atoms with van der Waals surface area (Å²) in [5.74, 6) is -0.894. The first-order valence-electron chi connectivity index (χ1n) is 7.85. The first kappa shape index (κ1) is 20.8. The van der Waals surface area contributed by atoms with Crippen molar-refractivity contribution < 1.29 is 33.0 Å². The Morgan fingerprint density at radius 1 is 0.893 bits per heavy atom. The highest BCUT2D eigenvalue weighted by Crippen LogP contribution is 2.48. The lowest BCUT2D eigenvalue weighted by atomic mass is 10.3. The summed E-state index contributed by atoms with van der Waals surface area (Å²) in [6.45, 7) is 1.62. The molecule has 0 N–H and O–H groups in total. The van der Waals surface area contributed by atoms with Gasteiger partial charge in [0.1, 0.15) is 11.5 Å². The number of carbonyl (C=O) groups excluding carboxylic acids is 1. The molecule has 0 spiro atoms. The number of nitro groups is 2. The molecule has 2 rings (SSSR count). The van der Waals surface area contributed by atoms with Crippen LogP contribution in [0.2, 0.25) is 0 Å². The monoisotopic (exact) mass is 410 g/mol. The third-order valence-electron chi connectivity index (χ3n) is 3.21. The van der Waals surface area contributed by atoms with Gasteiger partial charge >= 0.3 is 13.6 Å². The number of hydrogen-bond acceptors (Lipinski definition) is 9. The summed E-state index contributed by atoms with van der Waals surface area (Å²) in [4.78, 5) is 32.0. The minimum Gasteiger partial charge on any atom is -0.465 e. The third kappa shape index (κ3) is 5.78. The third-order valence-corrected chi connectivity index (χ3v) is 4.84. The van der Waals surface area contributed by atoms with Gasteiger partial charge in [-0.1, -0.05) is 0 Å². The van der Waals surface area contributed by atoms with E-state index in [9.17, 15) is 29.6 Å². The molecule has 0 bridgehead atoms. The molecule has 0 amide bonds. The van der Waals surface area contributed by atoms with E-state index in [4.69, 9.17) is 13.8 Å². The lowest BCUT2D eigenvalue weighted by Gasteiger charge is -2.19. The Morgan fingerprint density at radius 3 is 1.61 bits per heavy atom. The Bertz CT molecular complexity index is 849. The number of carbonyl (C=O) groups is 1. The van der Waals surface area contributed by atoms with Crippen molar-refractivity contribution in [2.24, 2.45) is 0 Å². The normalized spacial score (nSPS) is 10.8. The standard InChI is InChI=1S/C16H15N2O9P/c1-2-25-16(19)11-28(24,26-14-7-3-12(4-8-14)17(20)21)27-15-9-5-13(6-10-15)18(22)23/h3-10H,2,11H2,1H3. The van der Waals surface area contributed by atoms with Crippen molar-refractivity contribution in [3.05, 3.63) is 68.8 Å². The Labute approximate surface area is 158 Å². The number of non-ortho nitro benzene ring substituents is 2. The van der Waals surface area contributed by atoms with E-state index >= 15 is 0 Å². The van der Waals surface area contributed by atoms with Crippen LogP contribution in [0.4, 0.5) is 11.4 Å². The van der Waals surface area contributed by atoms with Crippen LogP contribution in [0, 0.1) is 20.2 Å². The molecule has 0 aliphatic rings. The van der Waals surface area contributed by atoms with Crippen molar-refractivity contribution in [2.45, 2.75) is 6.92 Å². The number of nitrogens with zero attached hydrogens (tertiary/aromatic N) is 2. The summed E-state index contributed by atoms with van der Waals surface area (Å²) < 4.78 is 28.4. The highest BCUT2D eigenvalue weighted by molar-refractivity contribution is 7.55. The highest BCUT2D eigenvalue weighted by Gasteiger charge is 2.33. The predicted octanol–water partition coefficient (Wildman–Crippen LogP) is 3.72. The van der Waals surface area contributed by atoms with Crippen LogP contribution >= 0.6 is 7.60 Å². The zero-order valence-corrected chi connectivity index (χ0v) is 15.4. The Balaban J connectivity index is 2.25. The van der Waals surface area contributed by atoms with E-state index in [0.29, 0.717) is 0 Å². The summed E-state index contributed by atoms with van der Waals surface area (Å²) in [5, 5.41) is 21.4. The van der Waals surface area contributed by atoms with Gasteiger partial charge < -0.3 is 13.8 Å². The van der Waals surface area contributed by atoms with Gasteiger partial charge in [-0.15, -0.1) is 0 Å². The summed E-state index contributed by atoms with van der Waals surface area (Å²) in [7, 11) is -4.14. The van der Waals surface area contributed by atoms with E-state index in [-0.39, 0.29) is 29.5 Å². The van der Waals surface area contributed by atoms with Crippen LogP contribution in [0.15, 0.2) is 48.5 Å². The smallest absolute Gasteiger partial charge is 0.441 e. The van der Waals surface area contributed by atoms with E-state index in [0.717, 1.165) is 24.3 Å². The van der Waals surface area contributed by atoms with Gasteiger partial charge in [0.2, 0.25) is 0 Å². The topological polar surface area (TPSA) is 148 Å². The Hall–Kier alpha value is -3.46. The van der Waals surface area contributed by atoms with Gasteiger partial charge in [0, 0.05) is 24.3 Å². The van der Waals surface area contributed by atoms with Gasteiger partial charge in [0.25, 0.3) is 11.4 Å². The lowest BCUT2D eigenvalue weighted by Crippen LogP contribution is -2.15. The minimum absolute atomic E-state index is 0.0276. The van der Waals surface area contributed by atoms with E-state index in [1.54, 1.807) is 6.92 Å². The number of benzene rings is 2. The van der Waals surface area contributed by atoms with Gasteiger partial charge in [-0.2, -0.15) is 0 Å². The van der Waals surface area contributed by atoms with Crippen molar-refractivity contribution in [3.8, 4) is 11.5 Å². The molecule has 0 aliphatic heterocycles. The van der Waals surface area contributed by atoms with Crippen LogP contribution in [-0.4, -0.2) is 28.6 Å². The molecule has 2 aromatic rings. The second kappa shape index (κ2) is 8.96. The highest BCUT2D eigenvalue weighted by atomic mass is 31.2. The van der Waals surface area contributed by atoms with Crippen molar-refractivity contribution in [3.63, 3.8) is 0 Å². The SMILES string of the molecule is CCOC(=O)CP(=O)(Oc1ccc([N+](=O)[O-])cc1)Oc1ccc([N+](=O)[O-])cc1. The molecule has 12 heteroatoms. The van der Waals surface area contributed by atoms with Crippen LogP contribution in [0.5, 0.6) is 11.5 Å². The van der Waals surface area contributed by atoms with Crippen molar-refractivity contribution in [1.82, 2.24) is 0 Å². The van der Waals surface area contributed by atoms with Crippen LogP contribution < -0.4 is 9.05 Å². The number of nitro benzene ring substituents is 2. The Morgan fingerprint density at radius 2 is 1.29 bits per heavy atom. The van der Waals surface area contributed by atoms with Gasteiger partial charge in [-0.25, -0.2) is 4.57 Å². The number of rotatable bonds is 9. The molecule has 0 heterocycles. The molecule has 11 nitrogen and oxygen atoms in total. The average molecular weight is 410 g/mol. The summed E-state index contributed by atoms with van der Waals surface area (Å²) in [6.07, 6.45) is -0.727. The molecule has 0 unspecified atom stereocenters. The van der Waals surface area contributed by atoms with Gasteiger partial charge in [-0.3, -0.25) is 25.0 Å². The van der Waals surface area contributed by atoms with E-state index in [2.05, 4.69) is 0 Å². The fourth-order valence-corrected chi connectivity index (χ4v) is 3.49. The van der Waals surface area contributed by atoms with Gasteiger partial charge in [-0.05, 0) is 31.2 Å². The first-order chi connectivity index (χ1) is 13.2. The van der Waals surface area contributed by atoms with Crippen molar-refractivity contribution in [1.29, 1.82) is 0 Å². The predicted molar refractivity (Wildman–Crippen MR) is 96.6 cm³/mol. The minimum atomic E-state index is -4.14. The second-order valence-corrected chi connectivity index (χ2v) is 7.16. The van der Waals surface area contributed by atoms with E-state index < -0.39 is 29.6 Å². The molecule has 2 aromatic carbocycles. The first-order valence-corrected chi connectivity index (χ1v) is 9.58. The maximum atomic E-state index is 13.1. The van der Waals surface area contributed by atoms with Crippen LogP contribution in [-0.2, 0) is 14.1 Å². The zero-order chi connectivity index (χ0) is 20.7. The maximum absolute atomic E-state index is 13.1. The Kier molecular flexibility index (Phi) is 6.67. The van der Waals surface area contributed by atoms with Crippen LogP contribution in [0.1, 0.15) is 6.92 Å². The molecule has 28 heavy (non-hydrogen) atoms. The molecule has 0 radical (unpaired) electrons. The molecular formula is C16H15N2O9P. The van der Waals surface area contributed by atoms with Crippen LogP contribution in [0.3, 0.4) is 0 Å². The molecule has 0 saturated carbocycles. The maximum Gasteiger partial charge on any atom is 0.441 e. The van der Waals surface area contributed by atoms with E-state index in [1.807, 2.05) is 0 Å². The molecule has 0 atom stereocenters.